The quantitative estimate of drug-likeness (QED) is 0.746. The maximum atomic E-state index is 11.9. The molecule has 5 nitrogen and oxygen atoms in total. The molecule has 0 bridgehead atoms. The second-order valence-electron chi connectivity index (χ2n) is 5.50. The lowest BCUT2D eigenvalue weighted by molar-refractivity contribution is 0.0182. The molecule has 0 aliphatic rings. The van der Waals surface area contributed by atoms with Crippen LogP contribution in [0, 0.1) is 0 Å². The number of nitrogens with one attached hydrogen (secondary N) is 2. The molecule has 1 heterocycles. The summed E-state index contributed by atoms with van der Waals surface area (Å²) in [7, 11) is 0. The third-order valence-corrected chi connectivity index (χ3v) is 2.37. The number of H-pyrrole nitrogens is 1. The van der Waals surface area contributed by atoms with Crippen LogP contribution in [-0.2, 0) is 17.7 Å². The summed E-state index contributed by atoms with van der Waals surface area (Å²) in [5, 5.41) is 3.23. The Bertz CT molecular complexity index is 469. The first-order chi connectivity index (χ1) is 9.26. The van der Waals surface area contributed by atoms with E-state index >= 15 is 0 Å². The number of halogens is 2. The van der Waals surface area contributed by atoms with Crippen LogP contribution in [0.1, 0.15) is 32.3 Å². The molecule has 1 aromatic rings. The molecule has 0 fully saturated rings. The predicted molar refractivity (Wildman–Crippen MR) is 72.0 cm³/mol. The van der Waals surface area contributed by atoms with Gasteiger partial charge in [-0.1, -0.05) is 0 Å². The van der Waals surface area contributed by atoms with Crippen LogP contribution in [0.15, 0.2) is 10.9 Å². The van der Waals surface area contributed by atoms with E-state index in [1.807, 2.05) is 20.8 Å². The average Bonchev–Trinajstić information content (AvgIpc) is 2.30. The van der Waals surface area contributed by atoms with Crippen LogP contribution in [0.3, 0.4) is 0 Å². The fourth-order valence-electron chi connectivity index (χ4n) is 1.47. The van der Waals surface area contributed by atoms with E-state index in [2.05, 4.69) is 15.3 Å². The summed E-state index contributed by atoms with van der Waals surface area (Å²) >= 11 is 0. The first kappa shape index (κ1) is 16.7. The zero-order valence-electron chi connectivity index (χ0n) is 12.0. The second kappa shape index (κ2) is 7.44. The molecule has 0 saturated carbocycles. The summed E-state index contributed by atoms with van der Waals surface area (Å²) in [5.41, 5.74) is 0.285. The number of nitrogens with zero attached hydrogens (tertiary/aromatic N) is 1. The molecular formula is C13H21F2N3O2. The Kier molecular flexibility index (Phi) is 6.22. The lowest BCUT2D eigenvalue weighted by Gasteiger charge is -2.20. The number of alkyl halides is 2. The third-order valence-electron chi connectivity index (χ3n) is 2.37. The summed E-state index contributed by atoms with van der Waals surface area (Å²) in [6.45, 7) is 6.01. The molecule has 1 aromatic heterocycles. The van der Waals surface area contributed by atoms with Crippen LogP contribution in [0.5, 0.6) is 0 Å². The smallest absolute Gasteiger partial charge is 0.261 e. The van der Waals surface area contributed by atoms with Crippen molar-refractivity contribution in [2.24, 2.45) is 0 Å². The summed E-state index contributed by atoms with van der Waals surface area (Å²) in [6.07, 6.45) is -2.19. The fourth-order valence-corrected chi connectivity index (χ4v) is 1.47. The lowest BCUT2D eigenvalue weighted by Crippen LogP contribution is -2.35. The standard InChI is InChI=1S/C13H21F2N3O2/c1-13(2,3)16-7-9-6-12(19)18-11(17-9)4-5-20-8-10(14)15/h6,10,16H,4-5,7-8H2,1-3H3,(H,17,18,19). The SMILES string of the molecule is CC(C)(C)NCc1cc(=O)[nH]c(CCOCC(F)F)n1. The number of rotatable bonds is 7. The average molecular weight is 289 g/mol. The van der Waals surface area contributed by atoms with Gasteiger partial charge in [0.15, 0.2) is 0 Å². The topological polar surface area (TPSA) is 67.0 Å². The highest BCUT2D eigenvalue weighted by molar-refractivity contribution is 5.03. The molecule has 7 heteroatoms. The normalized spacial score (nSPS) is 12.1. The Hall–Kier alpha value is -1.34. The first-order valence-corrected chi connectivity index (χ1v) is 6.46. The van der Waals surface area contributed by atoms with E-state index in [4.69, 9.17) is 4.74 Å². The van der Waals surface area contributed by atoms with Gasteiger partial charge in [0.2, 0.25) is 0 Å². The van der Waals surface area contributed by atoms with Gasteiger partial charge in [0.05, 0.1) is 12.3 Å². The Morgan fingerprint density at radius 1 is 1.45 bits per heavy atom. The van der Waals surface area contributed by atoms with E-state index in [0.29, 0.717) is 24.5 Å². The Morgan fingerprint density at radius 3 is 2.75 bits per heavy atom. The molecular weight excluding hydrogens is 268 g/mol. The summed E-state index contributed by atoms with van der Waals surface area (Å²) in [4.78, 5) is 18.3. The molecule has 0 aliphatic heterocycles. The Balaban J connectivity index is 2.55. The molecule has 0 unspecified atom stereocenters. The van der Waals surface area contributed by atoms with E-state index in [1.165, 1.54) is 6.07 Å². The van der Waals surface area contributed by atoms with Gasteiger partial charge in [0.1, 0.15) is 12.4 Å². The van der Waals surface area contributed by atoms with Gasteiger partial charge < -0.3 is 15.0 Å². The van der Waals surface area contributed by atoms with E-state index in [1.54, 1.807) is 0 Å². The maximum absolute atomic E-state index is 11.9. The van der Waals surface area contributed by atoms with Crippen molar-refractivity contribution in [1.29, 1.82) is 0 Å². The zero-order chi connectivity index (χ0) is 15.2. The molecule has 114 valence electrons. The second-order valence-corrected chi connectivity index (χ2v) is 5.50. The molecule has 0 spiro atoms. The predicted octanol–water partition coefficient (Wildman–Crippen LogP) is 1.48. The van der Waals surface area contributed by atoms with Gasteiger partial charge in [-0.2, -0.15) is 0 Å². The summed E-state index contributed by atoms with van der Waals surface area (Å²) in [5.74, 6) is 0.442. The maximum Gasteiger partial charge on any atom is 0.261 e. The van der Waals surface area contributed by atoms with Gasteiger partial charge in [0, 0.05) is 24.6 Å². The van der Waals surface area contributed by atoms with E-state index in [9.17, 15) is 13.6 Å². The molecule has 1 rings (SSSR count). The van der Waals surface area contributed by atoms with Crippen molar-refractivity contribution in [2.75, 3.05) is 13.2 Å². The van der Waals surface area contributed by atoms with Crippen LogP contribution in [-0.4, -0.2) is 35.1 Å². The number of aromatic nitrogens is 2. The minimum absolute atomic E-state index is 0.0785. The molecule has 0 amide bonds. The van der Waals surface area contributed by atoms with Gasteiger partial charge in [-0.3, -0.25) is 4.79 Å². The summed E-state index contributed by atoms with van der Waals surface area (Å²) in [6, 6.07) is 1.42. The van der Waals surface area contributed by atoms with E-state index < -0.39 is 13.0 Å². The van der Waals surface area contributed by atoms with Gasteiger partial charge in [-0.15, -0.1) is 0 Å². The van der Waals surface area contributed by atoms with Gasteiger partial charge in [-0.25, -0.2) is 13.8 Å². The molecule has 0 aromatic carbocycles. The minimum atomic E-state index is -2.48. The highest BCUT2D eigenvalue weighted by atomic mass is 19.3. The van der Waals surface area contributed by atoms with Gasteiger partial charge in [-0.05, 0) is 20.8 Å². The summed E-state index contributed by atoms with van der Waals surface area (Å²) < 4.78 is 28.6. The molecule has 20 heavy (non-hydrogen) atoms. The van der Waals surface area contributed by atoms with E-state index in [0.717, 1.165) is 0 Å². The zero-order valence-corrected chi connectivity index (χ0v) is 12.0. The monoisotopic (exact) mass is 289 g/mol. The number of hydrogen-bond donors (Lipinski definition) is 2. The van der Waals surface area contributed by atoms with Crippen molar-refractivity contribution >= 4 is 0 Å². The Morgan fingerprint density at radius 2 is 2.15 bits per heavy atom. The first-order valence-electron chi connectivity index (χ1n) is 6.46. The molecule has 2 N–H and O–H groups in total. The van der Waals surface area contributed by atoms with Crippen LogP contribution < -0.4 is 10.9 Å². The highest BCUT2D eigenvalue weighted by Crippen LogP contribution is 2.02. The van der Waals surface area contributed by atoms with Gasteiger partial charge in [0.25, 0.3) is 12.0 Å². The number of hydrogen-bond acceptors (Lipinski definition) is 4. The van der Waals surface area contributed by atoms with Crippen molar-refractivity contribution in [3.63, 3.8) is 0 Å². The van der Waals surface area contributed by atoms with Gasteiger partial charge >= 0.3 is 0 Å². The third kappa shape index (κ3) is 7.30. The van der Waals surface area contributed by atoms with Crippen LogP contribution >= 0.6 is 0 Å². The highest BCUT2D eigenvalue weighted by Gasteiger charge is 2.10. The van der Waals surface area contributed by atoms with Crippen LogP contribution in [0.4, 0.5) is 8.78 Å². The van der Waals surface area contributed by atoms with Crippen molar-refractivity contribution in [1.82, 2.24) is 15.3 Å². The largest absolute Gasteiger partial charge is 0.375 e. The van der Waals surface area contributed by atoms with Crippen molar-refractivity contribution in [3.8, 4) is 0 Å². The fraction of sp³-hybridized carbons (Fsp3) is 0.692. The van der Waals surface area contributed by atoms with Crippen molar-refractivity contribution < 1.29 is 13.5 Å². The molecule has 0 atom stereocenters. The number of ether oxygens (including phenoxy) is 1. The lowest BCUT2D eigenvalue weighted by atomic mass is 10.1. The van der Waals surface area contributed by atoms with Crippen LogP contribution in [0.25, 0.3) is 0 Å². The Labute approximate surface area is 116 Å². The molecule has 0 radical (unpaired) electrons. The molecule has 0 saturated heterocycles. The van der Waals surface area contributed by atoms with E-state index in [-0.39, 0.29) is 17.7 Å². The van der Waals surface area contributed by atoms with Crippen molar-refractivity contribution in [3.05, 3.63) is 27.9 Å². The van der Waals surface area contributed by atoms with Crippen molar-refractivity contribution in [2.45, 2.75) is 45.7 Å². The van der Waals surface area contributed by atoms with Crippen LogP contribution in [0.2, 0.25) is 0 Å². The molecule has 0 aliphatic carbocycles. The number of aromatic amines is 1. The minimum Gasteiger partial charge on any atom is -0.375 e.